The molecule has 5 nitrogen and oxygen atoms in total. The topological polar surface area (TPSA) is 70.6 Å². The molecule has 0 aromatic rings. The van der Waals surface area contributed by atoms with Crippen LogP contribution in [0.1, 0.15) is 19.3 Å². The lowest BCUT2D eigenvalue weighted by molar-refractivity contribution is 0.0476. The van der Waals surface area contributed by atoms with Crippen molar-refractivity contribution in [3.63, 3.8) is 0 Å². The van der Waals surface area contributed by atoms with Crippen LogP contribution in [0, 0.1) is 5.92 Å². The summed E-state index contributed by atoms with van der Waals surface area (Å²) in [6.07, 6.45) is 2.13. The Hall–Kier alpha value is -0.810. The number of hydrogen-bond donors (Lipinski definition) is 3. The number of rotatable bonds is 5. The van der Waals surface area contributed by atoms with Crippen molar-refractivity contribution < 1.29 is 14.6 Å². The molecular formula is C10H20N2O3. The standard InChI is InChI=1S/C10H20N2O3/c1-11-6-9(12-10(13)14)5-8-3-2-4-15-7-8/h8-9,11-12H,2-7H2,1H3,(H,13,14)/t8-,9-/m0/s1. The lowest BCUT2D eigenvalue weighted by atomic mass is 9.94. The Morgan fingerprint density at radius 3 is 3.00 bits per heavy atom. The highest BCUT2D eigenvalue weighted by atomic mass is 16.5. The molecule has 1 rings (SSSR count). The van der Waals surface area contributed by atoms with Crippen LogP contribution in [-0.2, 0) is 4.74 Å². The zero-order valence-corrected chi connectivity index (χ0v) is 9.16. The van der Waals surface area contributed by atoms with Gasteiger partial charge in [0.15, 0.2) is 0 Å². The second-order valence-corrected chi connectivity index (χ2v) is 4.02. The molecule has 0 bridgehead atoms. The molecule has 1 aliphatic heterocycles. The number of nitrogens with one attached hydrogen (secondary N) is 2. The summed E-state index contributed by atoms with van der Waals surface area (Å²) in [7, 11) is 1.83. The van der Waals surface area contributed by atoms with Gasteiger partial charge in [0, 0.05) is 25.8 Å². The maximum Gasteiger partial charge on any atom is 0.404 e. The van der Waals surface area contributed by atoms with Crippen LogP contribution in [0.5, 0.6) is 0 Å². The molecule has 15 heavy (non-hydrogen) atoms. The van der Waals surface area contributed by atoms with Gasteiger partial charge >= 0.3 is 6.09 Å². The minimum Gasteiger partial charge on any atom is -0.465 e. The molecule has 3 N–H and O–H groups in total. The molecule has 5 heteroatoms. The summed E-state index contributed by atoms with van der Waals surface area (Å²) in [5.74, 6) is 0.490. The van der Waals surface area contributed by atoms with Crippen molar-refractivity contribution in [1.29, 1.82) is 0 Å². The zero-order valence-electron chi connectivity index (χ0n) is 9.16. The average Bonchev–Trinajstić information content (AvgIpc) is 2.18. The van der Waals surface area contributed by atoms with E-state index in [2.05, 4.69) is 10.6 Å². The summed E-state index contributed by atoms with van der Waals surface area (Å²) < 4.78 is 5.37. The normalized spacial score (nSPS) is 23.4. The number of hydrogen-bond acceptors (Lipinski definition) is 3. The number of carbonyl (C=O) groups is 1. The molecule has 2 atom stereocenters. The van der Waals surface area contributed by atoms with Gasteiger partial charge in [-0.3, -0.25) is 0 Å². The van der Waals surface area contributed by atoms with Gasteiger partial charge in [0.05, 0.1) is 0 Å². The molecule has 0 aromatic heterocycles. The van der Waals surface area contributed by atoms with Gasteiger partial charge in [0.25, 0.3) is 0 Å². The first-order valence-electron chi connectivity index (χ1n) is 5.44. The van der Waals surface area contributed by atoms with E-state index in [0.717, 1.165) is 32.5 Å². The van der Waals surface area contributed by atoms with E-state index in [4.69, 9.17) is 9.84 Å². The summed E-state index contributed by atoms with van der Waals surface area (Å²) in [6.45, 7) is 2.28. The van der Waals surface area contributed by atoms with Crippen molar-refractivity contribution in [1.82, 2.24) is 10.6 Å². The first kappa shape index (κ1) is 12.3. The van der Waals surface area contributed by atoms with Gasteiger partial charge < -0.3 is 20.5 Å². The van der Waals surface area contributed by atoms with E-state index in [0.29, 0.717) is 12.5 Å². The van der Waals surface area contributed by atoms with Crippen molar-refractivity contribution in [2.24, 2.45) is 5.92 Å². The van der Waals surface area contributed by atoms with Crippen LogP contribution < -0.4 is 10.6 Å². The predicted octanol–water partition coefficient (Wildman–Crippen LogP) is 0.659. The molecule has 1 aliphatic rings. The molecule has 0 aromatic carbocycles. The molecule has 0 spiro atoms. The molecule has 1 fully saturated rings. The minimum atomic E-state index is -0.952. The fraction of sp³-hybridized carbons (Fsp3) is 0.900. The quantitative estimate of drug-likeness (QED) is 0.631. The highest BCUT2D eigenvalue weighted by Crippen LogP contribution is 2.18. The molecular weight excluding hydrogens is 196 g/mol. The van der Waals surface area contributed by atoms with E-state index in [1.807, 2.05) is 7.05 Å². The van der Waals surface area contributed by atoms with Gasteiger partial charge in [0.1, 0.15) is 0 Å². The van der Waals surface area contributed by atoms with Gasteiger partial charge in [-0.05, 0) is 32.2 Å². The van der Waals surface area contributed by atoms with Gasteiger partial charge in [-0.2, -0.15) is 0 Å². The molecule has 1 saturated heterocycles. The van der Waals surface area contributed by atoms with Crippen LogP contribution in [0.2, 0.25) is 0 Å². The lowest BCUT2D eigenvalue weighted by Crippen LogP contribution is -2.42. The summed E-state index contributed by atoms with van der Waals surface area (Å²) in [6, 6.07) is -0.0146. The summed E-state index contributed by atoms with van der Waals surface area (Å²) >= 11 is 0. The van der Waals surface area contributed by atoms with E-state index in [9.17, 15) is 4.79 Å². The largest absolute Gasteiger partial charge is 0.465 e. The molecule has 1 amide bonds. The van der Waals surface area contributed by atoms with Crippen LogP contribution in [-0.4, -0.2) is 44.0 Å². The van der Waals surface area contributed by atoms with Crippen molar-refractivity contribution in [2.45, 2.75) is 25.3 Å². The summed E-state index contributed by atoms with van der Waals surface area (Å²) in [4.78, 5) is 10.6. The van der Waals surface area contributed by atoms with Gasteiger partial charge in [-0.25, -0.2) is 4.79 Å². The minimum absolute atomic E-state index is 0.0146. The Labute approximate surface area is 90.2 Å². The van der Waals surface area contributed by atoms with E-state index < -0.39 is 6.09 Å². The van der Waals surface area contributed by atoms with Crippen LogP contribution >= 0.6 is 0 Å². The third-order valence-electron chi connectivity index (χ3n) is 2.65. The van der Waals surface area contributed by atoms with Crippen LogP contribution in [0.25, 0.3) is 0 Å². The Bertz CT molecular complexity index is 193. The predicted molar refractivity (Wildman–Crippen MR) is 57.0 cm³/mol. The Morgan fingerprint density at radius 1 is 1.67 bits per heavy atom. The van der Waals surface area contributed by atoms with Gasteiger partial charge in [-0.1, -0.05) is 0 Å². The molecule has 0 saturated carbocycles. The number of carboxylic acid groups (broad SMARTS) is 1. The number of likely N-dealkylation sites (N-methyl/N-ethyl adjacent to an activating group) is 1. The maximum atomic E-state index is 10.6. The monoisotopic (exact) mass is 216 g/mol. The molecule has 0 radical (unpaired) electrons. The van der Waals surface area contributed by atoms with Crippen LogP contribution in [0.15, 0.2) is 0 Å². The van der Waals surface area contributed by atoms with Crippen LogP contribution in [0.4, 0.5) is 4.79 Å². The molecule has 0 aliphatic carbocycles. The third-order valence-corrected chi connectivity index (χ3v) is 2.65. The average molecular weight is 216 g/mol. The second-order valence-electron chi connectivity index (χ2n) is 4.02. The Balaban J connectivity index is 2.31. The Kier molecular flexibility index (Phi) is 5.42. The smallest absolute Gasteiger partial charge is 0.404 e. The number of ether oxygens (including phenoxy) is 1. The van der Waals surface area contributed by atoms with Crippen molar-refractivity contribution >= 4 is 6.09 Å². The first-order chi connectivity index (χ1) is 7.22. The third kappa shape index (κ3) is 4.99. The fourth-order valence-corrected chi connectivity index (χ4v) is 2.01. The SMILES string of the molecule is CNC[C@H](C[C@@H]1CCCOC1)NC(=O)O. The van der Waals surface area contributed by atoms with Crippen molar-refractivity contribution in [3.05, 3.63) is 0 Å². The Morgan fingerprint density at radius 2 is 2.47 bits per heavy atom. The van der Waals surface area contributed by atoms with E-state index in [-0.39, 0.29) is 6.04 Å². The molecule has 1 heterocycles. The molecule has 0 unspecified atom stereocenters. The van der Waals surface area contributed by atoms with Gasteiger partial charge in [0.2, 0.25) is 0 Å². The fourth-order valence-electron chi connectivity index (χ4n) is 2.01. The number of amides is 1. The second kappa shape index (κ2) is 6.63. The molecule has 88 valence electrons. The first-order valence-corrected chi connectivity index (χ1v) is 5.44. The van der Waals surface area contributed by atoms with E-state index >= 15 is 0 Å². The highest BCUT2D eigenvalue weighted by molar-refractivity contribution is 5.64. The lowest BCUT2D eigenvalue weighted by Gasteiger charge is -2.26. The highest BCUT2D eigenvalue weighted by Gasteiger charge is 2.20. The zero-order chi connectivity index (χ0) is 11.1. The van der Waals surface area contributed by atoms with Crippen LogP contribution in [0.3, 0.4) is 0 Å². The summed E-state index contributed by atoms with van der Waals surface area (Å²) in [5.41, 5.74) is 0. The van der Waals surface area contributed by atoms with E-state index in [1.165, 1.54) is 0 Å². The van der Waals surface area contributed by atoms with Crippen molar-refractivity contribution in [2.75, 3.05) is 26.8 Å². The van der Waals surface area contributed by atoms with Gasteiger partial charge in [-0.15, -0.1) is 0 Å². The summed E-state index contributed by atoms with van der Waals surface area (Å²) in [5, 5.41) is 14.2. The van der Waals surface area contributed by atoms with E-state index in [1.54, 1.807) is 0 Å². The van der Waals surface area contributed by atoms with Crippen molar-refractivity contribution in [3.8, 4) is 0 Å². The maximum absolute atomic E-state index is 10.6.